The predicted molar refractivity (Wildman–Crippen MR) is 94.2 cm³/mol. The SMILES string of the molecule is CC.CN=Nc1c(NC)c(C)cc2c(C)c(C)cc(C)c12. The molecule has 3 heteroatoms. The molecule has 0 radical (unpaired) electrons. The van der Waals surface area contributed by atoms with E-state index in [1.165, 1.54) is 33.0 Å². The van der Waals surface area contributed by atoms with Crippen molar-refractivity contribution in [1.29, 1.82) is 0 Å². The van der Waals surface area contributed by atoms with Gasteiger partial charge < -0.3 is 5.32 Å². The molecule has 2 aromatic rings. The molecule has 0 spiro atoms. The van der Waals surface area contributed by atoms with Crippen LogP contribution in [0.4, 0.5) is 11.4 Å². The van der Waals surface area contributed by atoms with Gasteiger partial charge >= 0.3 is 0 Å². The Morgan fingerprint density at radius 3 is 2.05 bits per heavy atom. The minimum atomic E-state index is 0.945. The zero-order valence-electron chi connectivity index (χ0n) is 14.5. The Labute approximate surface area is 128 Å². The van der Waals surface area contributed by atoms with E-state index in [2.05, 4.69) is 55.4 Å². The summed E-state index contributed by atoms with van der Waals surface area (Å²) in [7, 11) is 3.64. The van der Waals surface area contributed by atoms with E-state index in [0.29, 0.717) is 0 Å². The summed E-state index contributed by atoms with van der Waals surface area (Å²) < 4.78 is 0. The summed E-state index contributed by atoms with van der Waals surface area (Å²) in [5, 5.41) is 14.1. The highest BCUT2D eigenvalue weighted by Gasteiger charge is 2.14. The largest absolute Gasteiger partial charge is 0.386 e. The first-order valence-electron chi connectivity index (χ1n) is 7.53. The standard InChI is InChI=1S/C16H21N3.C2H6/c1-9-7-10(2)14-13(12(9)4)8-11(3)15(17-5)16(14)19-18-6;1-2/h7-8,17H,1-6H3;1-2H3. The summed E-state index contributed by atoms with van der Waals surface area (Å²) in [4.78, 5) is 0. The van der Waals surface area contributed by atoms with Crippen molar-refractivity contribution in [2.45, 2.75) is 41.5 Å². The van der Waals surface area contributed by atoms with Crippen LogP contribution in [-0.4, -0.2) is 14.1 Å². The minimum absolute atomic E-state index is 0.945. The van der Waals surface area contributed by atoms with Crippen molar-refractivity contribution in [3.8, 4) is 0 Å². The molecule has 0 heterocycles. The van der Waals surface area contributed by atoms with Gasteiger partial charge in [-0.25, -0.2) is 0 Å². The molecule has 0 bridgehead atoms. The molecule has 0 atom stereocenters. The van der Waals surface area contributed by atoms with E-state index in [4.69, 9.17) is 0 Å². The topological polar surface area (TPSA) is 36.8 Å². The van der Waals surface area contributed by atoms with E-state index < -0.39 is 0 Å². The molecule has 0 saturated heterocycles. The van der Waals surface area contributed by atoms with Crippen molar-refractivity contribution in [2.24, 2.45) is 10.2 Å². The van der Waals surface area contributed by atoms with Crippen LogP contribution < -0.4 is 5.32 Å². The average Bonchev–Trinajstić information content (AvgIpc) is 2.47. The molecule has 0 aliphatic rings. The van der Waals surface area contributed by atoms with Crippen molar-refractivity contribution in [1.82, 2.24) is 0 Å². The number of rotatable bonds is 2. The quantitative estimate of drug-likeness (QED) is 0.690. The third-order valence-corrected chi connectivity index (χ3v) is 3.77. The fraction of sp³-hybridized carbons (Fsp3) is 0.444. The van der Waals surface area contributed by atoms with Gasteiger partial charge in [0.2, 0.25) is 0 Å². The fourth-order valence-electron chi connectivity index (χ4n) is 2.73. The van der Waals surface area contributed by atoms with Crippen LogP contribution in [0.3, 0.4) is 0 Å². The van der Waals surface area contributed by atoms with Gasteiger partial charge in [-0.1, -0.05) is 19.9 Å². The molecule has 21 heavy (non-hydrogen) atoms. The lowest BCUT2D eigenvalue weighted by Crippen LogP contribution is -1.96. The number of aryl methyl sites for hydroxylation is 4. The highest BCUT2D eigenvalue weighted by molar-refractivity contribution is 6.03. The molecule has 0 aliphatic carbocycles. The number of nitrogens with zero attached hydrogens (tertiary/aromatic N) is 2. The van der Waals surface area contributed by atoms with E-state index in [1.54, 1.807) is 7.05 Å². The Morgan fingerprint density at radius 1 is 0.905 bits per heavy atom. The van der Waals surface area contributed by atoms with E-state index in [1.807, 2.05) is 20.9 Å². The van der Waals surface area contributed by atoms with Gasteiger partial charge in [0.05, 0.1) is 5.69 Å². The van der Waals surface area contributed by atoms with Crippen molar-refractivity contribution in [3.63, 3.8) is 0 Å². The normalized spacial score (nSPS) is 10.7. The molecule has 114 valence electrons. The zero-order chi connectivity index (χ0) is 16.2. The molecule has 0 fully saturated rings. The predicted octanol–water partition coefficient (Wildman–Crippen LogP) is 5.85. The maximum absolute atomic E-state index is 4.36. The van der Waals surface area contributed by atoms with Crippen LogP contribution in [0.5, 0.6) is 0 Å². The highest BCUT2D eigenvalue weighted by Crippen LogP contribution is 2.40. The third-order valence-electron chi connectivity index (χ3n) is 3.77. The van der Waals surface area contributed by atoms with Gasteiger partial charge in [0.1, 0.15) is 5.69 Å². The minimum Gasteiger partial charge on any atom is -0.386 e. The second-order valence-corrected chi connectivity index (χ2v) is 5.02. The van der Waals surface area contributed by atoms with Crippen molar-refractivity contribution >= 4 is 22.1 Å². The lowest BCUT2D eigenvalue weighted by Gasteiger charge is -2.16. The molecule has 2 rings (SSSR count). The number of azo groups is 1. The Balaban J connectivity index is 0.00000106. The molecule has 0 unspecified atom stereocenters. The molecular weight excluding hydrogens is 258 g/mol. The van der Waals surface area contributed by atoms with E-state index in [-0.39, 0.29) is 0 Å². The fourth-order valence-corrected chi connectivity index (χ4v) is 2.73. The monoisotopic (exact) mass is 285 g/mol. The third kappa shape index (κ3) is 3.07. The van der Waals surface area contributed by atoms with Crippen molar-refractivity contribution in [3.05, 3.63) is 34.4 Å². The van der Waals surface area contributed by atoms with Crippen LogP contribution in [0.25, 0.3) is 10.8 Å². The van der Waals surface area contributed by atoms with Gasteiger partial charge in [0.15, 0.2) is 0 Å². The number of nitrogens with one attached hydrogen (secondary N) is 1. The maximum Gasteiger partial charge on any atom is 0.117 e. The van der Waals surface area contributed by atoms with Gasteiger partial charge in [-0.05, 0) is 61.4 Å². The van der Waals surface area contributed by atoms with E-state index >= 15 is 0 Å². The number of benzene rings is 2. The molecular formula is C18H27N3. The molecule has 1 N–H and O–H groups in total. The smallest absolute Gasteiger partial charge is 0.117 e. The first-order valence-corrected chi connectivity index (χ1v) is 7.53. The summed E-state index contributed by atoms with van der Waals surface area (Å²) >= 11 is 0. The number of hydrogen-bond acceptors (Lipinski definition) is 3. The highest BCUT2D eigenvalue weighted by atomic mass is 15.1. The number of fused-ring (bicyclic) bond motifs is 1. The molecule has 2 aromatic carbocycles. The zero-order valence-corrected chi connectivity index (χ0v) is 14.5. The Hall–Kier alpha value is -1.90. The molecule has 0 saturated carbocycles. The molecule has 0 amide bonds. The van der Waals surface area contributed by atoms with E-state index in [9.17, 15) is 0 Å². The van der Waals surface area contributed by atoms with E-state index in [0.717, 1.165) is 11.4 Å². The summed E-state index contributed by atoms with van der Waals surface area (Å²) in [5.41, 5.74) is 7.09. The van der Waals surface area contributed by atoms with Gasteiger partial charge in [-0.3, -0.25) is 0 Å². The first kappa shape index (κ1) is 17.2. The molecule has 0 aliphatic heterocycles. The van der Waals surface area contributed by atoms with Crippen molar-refractivity contribution < 1.29 is 0 Å². The Morgan fingerprint density at radius 2 is 1.52 bits per heavy atom. The van der Waals surface area contributed by atoms with Crippen LogP contribution in [0.2, 0.25) is 0 Å². The van der Waals surface area contributed by atoms with Gasteiger partial charge in [0, 0.05) is 19.5 Å². The lowest BCUT2D eigenvalue weighted by atomic mass is 9.93. The Bertz CT molecular complexity index is 670. The van der Waals surface area contributed by atoms with Crippen molar-refractivity contribution in [2.75, 3.05) is 19.4 Å². The molecule has 0 aromatic heterocycles. The van der Waals surface area contributed by atoms with Crippen LogP contribution >= 0.6 is 0 Å². The average molecular weight is 285 g/mol. The van der Waals surface area contributed by atoms with Gasteiger partial charge in [-0.15, -0.1) is 0 Å². The maximum atomic E-state index is 4.36. The lowest BCUT2D eigenvalue weighted by molar-refractivity contribution is 1.17. The van der Waals surface area contributed by atoms with Crippen LogP contribution in [-0.2, 0) is 0 Å². The summed E-state index contributed by atoms with van der Waals surface area (Å²) in [6, 6.07) is 4.46. The summed E-state index contributed by atoms with van der Waals surface area (Å²) in [5.74, 6) is 0. The number of anilines is 1. The van der Waals surface area contributed by atoms with Crippen LogP contribution in [0.15, 0.2) is 22.4 Å². The number of hydrogen-bond donors (Lipinski definition) is 1. The second kappa shape index (κ2) is 7.21. The molecule has 3 nitrogen and oxygen atoms in total. The van der Waals surface area contributed by atoms with Gasteiger partial charge in [-0.2, -0.15) is 10.2 Å². The summed E-state index contributed by atoms with van der Waals surface area (Å²) in [6.45, 7) is 12.6. The van der Waals surface area contributed by atoms with Gasteiger partial charge in [0.25, 0.3) is 0 Å². The first-order chi connectivity index (χ1) is 10.0. The van der Waals surface area contributed by atoms with Crippen LogP contribution in [0.1, 0.15) is 36.1 Å². The van der Waals surface area contributed by atoms with Crippen LogP contribution in [0, 0.1) is 27.7 Å². The Kier molecular flexibility index (Phi) is 5.89. The summed E-state index contributed by atoms with van der Waals surface area (Å²) in [6.07, 6.45) is 0. The second-order valence-electron chi connectivity index (χ2n) is 5.02.